The van der Waals surface area contributed by atoms with Crippen molar-refractivity contribution in [2.75, 3.05) is 7.11 Å². The zero-order valence-electron chi connectivity index (χ0n) is 12.7. The number of carbonyl (C=O) groups is 1. The van der Waals surface area contributed by atoms with Gasteiger partial charge in [0.25, 0.3) is 0 Å². The molecule has 1 N–H and O–H groups in total. The van der Waals surface area contributed by atoms with Crippen molar-refractivity contribution in [3.8, 4) is 5.75 Å². The molecule has 0 saturated heterocycles. The van der Waals surface area contributed by atoms with Gasteiger partial charge in [-0.15, -0.1) is 11.6 Å². The van der Waals surface area contributed by atoms with Crippen molar-refractivity contribution in [1.29, 1.82) is 0 Å². The monoisotopic (exact) mass is 309 g/mol. The number of rotatable bonds is 4. The number of hydrogen-bond donors (Lipinski definition) is 1. The maximum atomic E-state index is 12.2. The fourth-order valence-corrected chi connectivity index (χ4v) is 2.36. The summed E-state index contributed by atoms with van der Waals surface area (Å²) in [7, 11) is 1.61. The number of nitrogens with one attached hydrogen (secondary N) is 1. The molecular formula is C15H20ClN3O2. The maximum absolute atomic E-state index is 12.2. The van der Waals surface area contributed by atoms with E-state index in [9.17, 15) is 4.79 Å². The van der Waals surface area contributed by atoms with Gasteiger partial charge < -0.3 is 14.6 Å². The molecule has 1 heterocycles. The van der Waals surface area contributed by atoms with Gasteiger partial charge in [0.1, 0.15) is 18.1 Å². The first-order valence-corrected chi connectivity index (χ1v) is 7.27. The van der Waals surface area contributed by atoms with Gasteiger partial charge in [-0.3, -0.25) is 4.79 Å². The van der Waals surface area contributed by atoms with Crippen LogP contribution in [-0.2, 0) is 17.2 Å². The van der Waals surface area contributed by atoms with Crippen molar-refractivity contribution in [3.05, 3.63) is 24.0 Å². The molecule has 0 radical (unpaired) electrons. The van der Waals surface area contributed by atoms with Gasteiger partial charge in [0.2, 0.25) is 5.91 Å². The highest BCUT2D eigenvalue weighted by molar-refractivity contribution is 6.16. The van der Waals surface area contributed by atoms with Gasteiger partial charge in [0.05, 0.1) is 24.0 Å². The minimum atomic E-state index is -0.272. The third kappa shape index (κ3) is 3.67. The Kier molecular flexibility index (Phi) is 4.42. The first kappa shape index (κ1) is 15.6. The summed E-state index contributed by atoms with van der Waals surface area (Å²) in [5.41, 5.74) is 1.37. The highest BCUT2D eigenvalue weighted by Gasteiger charge is 2.17. The highest BCUT2D eigenvalue weighted by atomic mass is 35.5. The maximum Gasteiger partial charge on any atom is 0.240 e. The van der Waals surface area contributed by atoms with E-state index >= 15 is 0 Å². The normalized spacial score (nSPS) is 11.7. The second kappa shape index (κ2) is 5.93. The van der Waals surface area contributed by atoms with Gasteiger partial charge in [-0.2, -0.15) is 0 Å². The Balaban J connectivity index is 2.38. The average Bonchev–Trinajstić information content (AvgIpc) is 2.73. The second-order valence-corrected chi connectivity index (χ2v) is 6.17. The Labute approximate surface area is 129 Å². The topological polar surface area (TPSA) is 56.2 Å². The average molecular weight is 310 g/mol. The van der Waals surface area contributed by atoms with Crippen LogP contribution in [0.3, 0.4) is 0 Å². The molecule has 0 bridgehead atoms. The number of halogens is 1. The molecule has 0 fully saturated rings. The molecule has 5 nitrogen and oxygen atoms in total. The number of aromatic nitrogens is 2. The van der Waals surface area contributed by atoms with Crippen LogP contribution in [0, 0.1) is 0 Å². The number of methoxy groups -OCH3 is 1. The largest absolute Gasteiger partial charge is 0.497 e. The van der Waals surface area contributed by atoms with Crippen LogP contribution in [0.2, 0.25) is 0 Å². The fraction of sp³-hybridized carbons (Fsp3) is 0.467. The zero-order chi connectivity index (χ0) is 15.6. The molecule has 1 amide bonds. The lowest BCUT2D eigenvalue weighted by atomic mass is 10.1. The minimum Gasteiger partial charge on any atom is -0.497 e. The molecule has 0 aliphatic heterocycles. The SMILES string of the molecule is COc1ccc2nc(CCl)n(CC(=O)NC(C)(C)C)c2c1. The Morgan fingerprint density at radius 2 is 2.14 bits per heavy atom. The van der Waals surface area contributed by atoms with Crippen molar-refractivity contribution in [2.45, 2.75) is 38.7 Å². The van der Waals surface area contributed by atoms with Gasteiger partial charge in [0, 0.05) is 11.6 Å². The van der Waals surface area contributed by atoms with Gasteiger partial charge in [-0.25, -0.2) is 4.98 Å². The summed E-state index contributed by atoms with van der Waals surface area (Å²) in [4.78, 5) is 16.6. The molecule has 2 aromatic rings. The lowest BCUT2D eigenvalue weighted by Crippen LogP contribution is -2.42. The van der Waals surface area contributed by atoms with Crippen LogP contribution in [0.5, 0.6) is 5.75 Å². The number of imidazole rings is 1. The molecule has 1 aromatic carbocycles. The number of amides is 1. The number of fused-ring (bicyclic) bond motifs is 1. The fourth-order valence-electron chi connectivity index (χ4n) is 2.16. The standard InChI is InChI=1S/C15H20ClN3O2/c1-15(2,3)18-14(20)9-19-12-7-10(21-4)5-6-11(12)17-13(19)8-16/h5-7H,8-9H2,1-4H3,(H,18,20). The summed E-state index contributed by atoms with van der Waals surface area (Å²) in [6.07, 6.45) is 0. The molecule has 0 spiro atoms. The van der Waals surface area contributed by atoms with E-state index in [-0.39, 0.29) is 23.9 Å². The van der Waals surface area contributed by atoms with E-state index in [2.05, 4.69) is 10.3 Å². The summed E-state index contributed by atoms with van der Waals surface area (Å²) in [6, 6.07) is 5.57. The van der Waals surface area contributed by atoms with Crippen molar-refractivity contribution >= 4 is 28.5 Å². The van der Waals surface area contributed by atoms with Crippen molar-refractivity contribution < 1.29 is 9.53 Å². The molecule has 0 atom stereocenters. The minimum absolute atomic E-state index is 0.0732. The number of nitrogens with zero attached hydrogens (tertiary/aromatic N) is 2. The van der Waals surface area contributed by atoms with Crippen molar-refractivity contribution in [3.63, 3.8) is 0 Å². The zero-order valence-corrected chi connectivity index (χ0v) is 13.5. The van der Waals surface area contributed by atoms with Crippen LogP contribution < -0.4 is 10.1 Å². The summed E-state index contributed by atoms with van der Waals surface area (Å²) in [6.45, 7) is 6.02. The number of hydrogen-bond acceptors (Lipinski definition) is 3. The molecule has 0 saturated carbocycles. The number of alkyl halides is 1. The van der Waals surface area contributed by atoms with Crippen LogP contribution in [0.15, 0.2) is 18.2 Å². The van der Waals surface area contributed by atoms with E-state index in [1.54, 1.807) is 7.11 Å². The molecule has 0 unspecified atom stereocenters. The molecule has 0 aliphatic carbocycles. The summed E-state index contributed by atoms with van der Waals surface area (Å²) < 4.78 is 7.06. The summed E-state index contributed by atoms with van der Waals surface area (Å²) >= 11 is 5.95. The predicted molar refractivity (Wildman–Crippen MR) is 83.7 cm³/mol. The number of ether oxygens (including phenoxy) is 1. The van der Waals surface area contributed by atoms with Gasteiger partial charge in [-0.05, 0) is 32.9 Å². The van der Waals surface area contributed by atoms with Gasteiger partial charge in [-0.1, -0.05) is 0 Å². The quantitative estimate of drug-likeness (QED) is 0.884. The van der Waals surface area contributed by atoms with E-state index in [0.29, 0.717) is 5.82 Å². The van der Waals surface area contributed by atoms with E-state index in [1.807, 2.05) is 43.5 Å². The van der Waals surface area contributed by atoms with E-state index in [1.165, 1.54) is 0 Å². The third-order valence-electron chi connectivity index (χ3n) is 2.97. The third-order valence-corrected chi connectivity index (χ3v) is 3.21. The predicted octanol–water partition coefficient (Wildman–Crippen LogP) is 2.70. The highest BCUT2D eigenvalue weighted by Crippen LogP contribution is 2.22. The lowest BCUT2D eigenvalue weighted by molar-refractivity contribution is -0.123. The number of carbonyl (C=O) groups excluding carboxylic acids is 1. The Hall–Kier alpha value is -1.75. The molecule has 21 heavy (non-hydrogen) atoms. The Morgan fingerprint density at radius 1 is 1.43 bits per heavy atom. The molecule has 114 valence electrons. The number of benzene rings is 1. The molecule has 1 aromatic heterocycles. The molecule has 6 heteroatoms. The van der Waals surface area contributed by atoms with E-state index in [4.69, 9.17) is 16.3 Å². The van der Waals surface area contributed by atoms with Crippen LogP contribution in [0.25, 0.3) is 11.0 Å². The van der Waals surface area contributed by atoms with Gasteiger partial charge in [0.15, 0.2) is 0 Å². The smallest absolute Gasteiger partial charge is 0.240 e. The Morgan fingerprint density at radius 3 is 2.71 bits per heavy atom. The van der Waals surface area contributed by atoms with Crippen molar-refractivity contribution in [2.24, 2.45) is 0 Å². The first-order chi connectivity index (χ1) is 9.84. The van der Waals surface area contributed by atoms with Crippen LogP contribution in [0.4, 0.5) is 0 Å². The summed E-state index contributed by atoms with van der Waals surface area (Å²) in [5, 5.41) is 2.94. The molecular weight excluding hydrogens is 290 g/mol. The first-order valence-electron chi connectivity index (χ1n) is 6.74. The lowest BCUT2D eigenvalue weighted by Gasteiger charge is -2.21. The van der Waals surface area contributed by atoms with Crippen LogP contribution in [0.1, 0.15) is 26.6 Å². The van der Waals surface area contributed by atoms with Crippen molar-refractivity contribution in [1.82, 2.24) is 14.9 Å². The summed E-state index contributed by atoms with van der Waals surface area (Å²) in [5.74, 6) is 1.57. The molecule has 2 rings (SSSR count). The van der Waals surface area contributed by atoms with Crippen LogP contribution in [-0.4, -0.2) is 28.1 Å². The van der Waals surface area contributed by atoms with Crippen LogP contribution >= 0.6 is 11.6 Å². The van der Waals surface area contributed by atoms with Gasteiger partial charge >= 0.3 is 0 Å². The van der Waals surface area contributed by atoms with E-state index in [0.717, 1.165) is 16.8 Å². The second-order valence-electron chi connectivity index (χ2n) is 5.90. The molecule has 0 aliphatic rings. The Bertz CT molecular complexity index is 659. The van der Waals surface area contributed by atoms with E-state index < -0.39 is 0 Å².